The summed E-state index contributed by atoms with van der Waals surface area (Å²) in [5, 5.41) is 10.2. The Balaban J connectivity index is 1.92. The standard InChI is InChI=1S/C23H13BrClN3O4S/c24-15-4-10-18(11-5-15)33(30,31)19(14-26)13-20-22(32-17-8-6-16(25)7-9-17)27-21-3-1-2-12-28(21)23(20)29/h1-13H. The zero-order valence-corrected chi connectivity index (χ0v) is 19.8. The lowest BCUT2D eigenvalue weighted by atomic mass is 10.2. The van der Waals surface area contributed by atoms with Crippen LogP contribution >= 0.6 is 27.5 Å². The maximum absolute atomic E-state index is 13.2. The fourth-order valence-electron chi connectivity index (χ4n) is 2.94. The van der Waals surface area contributed by atoms with Gasteiger partial charge in [-0.2, -0.15) is 10.2 Å². The molecule has 0 aliphatic rings. The number of aromatic nitrogens is 2. The Bertz CT molecular complexity index is 1590. The lowest BCUT2D eigenvalue weighted by Gasteiger charge is -2.10. The second-order valence-corrected chi connectivity index (χ2v) is 9.97. The first-order chi connectivity index (χ1) is 15.8. The maximum Gasteiger partial charge on any atom is 0.269 e. The van der Waals surface area contributed by atoms with Crippen molar-refractivity contribution in [3.63, 3.8) is 0 Å². The predicted molar refractivity (Wildman–Crippen MR) is 128 cm³/mol. The minimum absolute atomic E-state index is 0.0903. The van der Waals surface area contributed by atoms with E-state index >= 15 is 0 Å². The molecule has 2 aromatic carbocycles. The van der Waals surface area contributed by atoms with E-state index in [9.17, 15) is 18.5 Å². The number of halogens is 2. The number of sulfone groups is 1. The maximum atomic E-state index is 13.2. The molecule has 0 amide bonds. The second kappa shape index (κ2) is 9.19. The van der Waals surface area contributed by atoms with E-state index < -0.39 is 20.3 Å². The van der Waals surface area contributed by atoms with Gasteiger partial charge in [0.05, 0.1) is 4.90 Å². The van der Waals surface area contributed by atoms with Crippen LogP contribution in [0.5, 0.6) is 11.6 Å². The van der Waals surface area contributed by atoms with Crippen LogP contribution in [0.1, 0.15) is 5.56 Å². The normalized spacial score (nSPS) is 11.8. The van der Waals surface area contributed by atoms with Gasteiger partial charge >= 0.3 is 0 Å². The van der Waals surface area contributed by atoms with E-state index in [-0.39, 0.29) is 22.0 Å². The third kappa shape index (κ3) is 4.68. The van der Waals surface area contributed by atoms with Gasteiger partial charge in [0.2, 0.25) is 15.7 Å². The molecule has 0 N–H and O–H groups in total. The van der Waals surface area contributed by atoms with Gasteiger partial charge in [0.15, 0.2) is 0 Å². The summed E-state index contributed by atoms with van der Waals surface area (Å²) in [6, 6.07) is 18.8. The van der Waals surface area contributed by atoms with Crippen LogP contribution in [0.2, 0.25) is 5.02 Å². The molecule has 0 unspecified atom stereocenters. The van der Waals surface area contributed by atoms with Crippen molar-refractivity contribution in [2.45, 2.75) is 4.90 Å². The van der Waals surface area contributed by atoms with Crippen molar-refractivity contribution in [1.82, 2.24) is 9.38 Å². The van der Waals surface area contributed by atoms with Gasteiger partial charge in [-0.25, -0.2) is 8.42 Å². The zero-order valence-electron chi connectivity index (χ0n) is 16.6. The molecule has 0 saturated heterocycles. The van der Waals surface area contributed by atoms with Gasteiger partial charge < -0.3 is 4.74 Å². The van der Waals surface area contributed by atoms with Crippen LogP contribution in [0.3, 0.4) is 0 Å². The third-order valence-corrected chi connectivity index (χ3v) is 7.02. The number of hydrogen-bond acceptors (Lipinski definition) is 6. The number of fused-ring (bicyclic) bond motifs is 1. The molecule has 4 rings (SSSR count). The Morgan fingerprint density at radius 2 is 1.79 bits per heavy atom. The third-order valence-electron chi connectivity index (χ3n) is 4.56. The van der Waals surface area contributed by atoms with Crippen molar-refractivity contribution in [2.75, 3.05) is 0 Å². The van der Waals surface area contributed by atoms with Crippen LogP contribution in [-0.2, 0) is 9.84 Å². The largest absolute Gasteiger partial charge is 0.438 e. The Morgan fingerprint density at radius 3 is 2.45 bits per heavy atom. The molecule has 33 heavy (non-hydrogen) atoms. The first-order valence-electron chi connectivity index (χ1n) is 9.37. The van der Waals surface area contributed by atoms with Gasteiger partial charge in [-0.05, 0) is 66.7 Å². The molecule has 0 aliphatic heterocycles. The topological polar surface area (TPSA) is 102 Å². The molecule has 2 aromatic heterocycles. The summed E-state index contributed by atoms with van der Waals surface area (Å²) < 4.78 is 33.9. The number of hydrogen-bond donors (Lipinski definition) is 0. The molecule has 0 fully saturated rings. The molecule has 164 valence electrons. The summed E-state index contributed by atoms with van der Waals surface area (Å²) in [7, 11) is -4.20. The van der Waals surface area contributed by atoms with Crippen molar-refractivity contribution in [3.05, 3.63) is 103 Å². The summed E-state index contributed by atoms with van der Waals surface area (Å²) in [4.78, 5) is 16.9. The highest BCUT2D eigenvalue weighted by Gasteiger charge is 2.23. The van der Waals surface area contributed by atoms with Crippen molar-refractivity contribution in [3.8, 4) is 17.7 Å². The summed E-state index contributed by atoms with van der Waals surface area (Å²) in [6.07, 6.45) is 2.47. The quantitative estimate of drug-likeness (QED) is 0.320. The summed E-state index contributed by atoms with van der Waals surface area (Å²) in [5.41, 5.74) is -0.493. The average Bonchev–Trinajstić information content (AvgIpc) is 2.80. The van der Waals surface area contributed by atoms with E-state index in [1.807, 2.05) is 0 Å². The first kappa shape index (κ1) is 22.7. The van der Waals surface area contributed by atoms with Gasteiger partial charge in [-0.1, -0.05) is 33.6 Å². The number of nitrogens with zero attached hydrogens (tertiary/aromatic N) is 3. The highest BCUT2D eigenvalue weighted by molar-refractivity contribution is 9.10. The Morgan fingerprint density at radius 1 is 1.09 bits per heavy atom. The molecule has 10 heteroatoms. The molecule has 0 saturated carbocycles. The number of nitriles is 1. The number of ether oxygens (including phenoxy) is 1. The number of allylic oxidation sites excluding steroid dienone is 1. The SMILES string of the molecule is N#CC(=Cc1c(Oc2ccc(Cl)cc2)nc2ccccn2c1=O)S(=O)(=O)c1ccc(Br)cc1. The summed E-state index contributed by atoms with van der Waals surface area (Å²) >= 11 is 9.16. The molecule has 0 atom stereocenters. The Labute approximate surface area is 202 Å². The van der Waals surface area contributed by atoms with E-state index in [0.717, 1.165) is 6.08 Å². The Kier molecular flexibility index (Phi) is 6.33. The molecule has 0 aliphatic carbocycles. The lowest BCUT2D eigenvalue weighted by molar-refractivity contribution is 0.461. The van der Waals surface area contributed by atoms with Gasteiger partial charge in [0.1, 0.15) is 27.9 Å². The van der Waals surface area contributed by atoms with Gasteiger partial charge in [0.25, 0.3) is 5.56 Å². The highest BCUT2D eigenvalue weighted by atomic mass is 79.9. The molecule has 0 radical (unpaired) electrons. The lowest BCUT2D eigenvalue weighted by Crippen LogP contribution is -2.19. The zero-order chi connectivity index (χ0) is 23.6. The summed E-state index contributed by atoms with van der Waals surface area (Å²) in [6.45, 7) is 0. The van der Waals surface area contributed by atoms with Crippen LogP contribution in [-0.4, -0.2) is 17.8 Å². The number of rotatable bonds is 5. The van der Waals surface area contributed by atoms with Crippen LogP contribution in [0.4, 0.5) is 0 Å². The second-order valence-electron chi connectivity index (χ2n) is 6.70. The Hall–Kier alpha value is -3.45. The van der Waals surface area contributed by atoms with Gasteiger partial charge in [-0.15, -0.1) is 0 Å². The van der Waals surface area contributed by atoms with Crippen molar-refractivity contribution >= 4 is 49.1 Å². The fourth-order valence-corrected chi connectivity index (χ4v) is 4.47. The minimum atomic E-state index is -4.20. The highest BCUT2D eigenvalue weighted by Crippen LogP contribution is 2.28. The van der Waals surface area contributed by atoms with Gasteiger partial charge in [-0.3, -0.25) is 9.20 Å². The number of pyridine rings is 1. The van der Waals surface area contributed by atoms with Crippen molar-refractivity contribution in [2.24, 2.45) is 0 Å². The van der Waals surface area contributed by atoms with E-state index in [2.05, 4.69) is 20.9 Å². The van der Waals surface area contributed by atoms with E-state index in [1.54, 1.807) is 60.7 Å². The number of benzene rings is 2. The van der Waals surface area contributed by atoms with E-state index in [0.29, 0.717) is 15.2 Å². The molecule has 2 heterocycles. The minimum Gasteiger partial charge on any atom is -0.438 e. The fraction of sp³-hybridized carbons (Fsp3) is 0. The molecule has 0 spiro atoms. The monoisotopic (exact) mass is 541 g/mol. The van der Waals surface area contributed by atoms with Crippen molar-refractivity contribution < 1.29 is 13.2 Å². The first-order valence-corrected chi connectivity index (χ1v) is 12.0. The molecular formula is C23H13BrClN3O4S. The molecule has 7 nitrogen and oxygen atoms in total. The smallest absolute Gasteiger partial charge is 0.269 e. The average molecular weight is 543 g/mol. The molecule has 4 aromatic rings. The summed E-state index contributed by atoms with van der Waals surface area (Å²) in [5.74, 6) is 0.183. The van der Waals surface area contributed by atoms with E-state index in [4.69, 9.17) is 16.3 Å². The van der Waals surface area contributed by atoms with Crippen molar-refractivity contribution in [1.29, 1.82) is 5.26 Å². The van der Waals surface area contributed by atoms with Crippen LogP contribution in [0, 0.1) is 11.3 Å². The molecule has 0 bridgehead atoms. The van der Waals surface area contributed by atoms with E-state index in [1.165, 1.54) is 22.7 Å². The van der Waals surface area contributed by atoms with Gasteiger partial charge in [0, 0.05) is 15.7 Å². The van der Waals surface area contributed by atoms with Crippen LogP contribution in [0.15, 0.2) is 92.0 Å². The molecular weight excluding hydrogens is 530 g/mol. The predicted octanol–water partition coefficient (Wildman–Crippen LogP) is 5.24. The van der Waals surface area contributed by atoms with Crippen LogP contribution < -0.4 is 10.3 Å². The van der Waals surface area contributed by atoms with Crippen LogP contribution in [0.25, 0.3) is 11.7 Å².